The Labute approximate surface area is 164 Å². The van der Waals surface area contributed by atoms with E-state index in [0.717, 1.165) is 28.3 Å². The second-order valence-corrected chi connectivity index (χ2v) is 9.87. The van der Waals surface area contributed by atoms with Crippen molar-refractivity contribution in [3.8, 4) is 0 Å². The molecule has 0 radical (unpaired) electrons. The van der Waals surface area contributed by atoms with Crippen LogP contribution in [0.15, 0.2) is 52.4 Å². The molecule has 5 nitrogen and oxygen atoms in total. The quantitative estimate of drug-likeness (QED) is 0.630. The third-order valence-corrected chi connectivity index (χ3v) is 6.61. The molecule has 0 spiro atoms. The SMILES string of the molecule is CSCCn1c(=NC(=O)c2cccc(F)c2)sc2cc(S(C)(=O)=O)ccc21. The van der Waals surface area contributed by atoms with Crippen LogP contribution in [-0.2, 0) is 16.4 Å². The van der Waals surface area contributed by atoms with E-state index in [0.29, 0.717) is 11.3 Å². The number of hydrogen-bond donors (Lipinski definition) is 0. The van der Waals surface area contributed by atoms with Gasteiger partial charge < -0.3 is 4.57 Å². The Kier molecular flexibility index (Phi) is 5.83. The lowest BCUT2D eigenvalue weighted by Gasteiger charge is -2.04. The summed E-state index contributed by atoms with van der Waals surface area (Å²) in [7, 11) is -3.33. The highest BCUT2D eigenvalue weighted by atomic mass is 32.2. The van der Waals surface area contributed by atoms with Gasteiger partial charge >= 0.3 is 0 Å². The number of benzene rings is 2. The summed E-state index contributed by atoms with van der Waals surface area (Å²) in [6, 6.07) is 10.3. The number of nitrogens with zero attached hydrogens (tertiary/aromatic N) is 2. The van der Waals surface area contributed by atoms with Crippen molar-refractivity contribution < 1.29 is 17.6 Å². The highest BCUT2D eigenvalue weighted by molar-refractivity contribution is 7.98. The summed E-state index contributed by atoms with van der Waals surface area (Å²) >= 11 is 2.89. The number of amides is 1. The molecular formula is C18H17FN2O3S3. The van der Waals surface area contributed by atoms with Gasteiger partial charge in [-0.25, -0.2) is 12.8 Å². The van der Waals surface area contributed by atoms with Gasteiger partial charge in [-0.1, -0.05) is 17.4 Å². The summed E-state index contributed by atoms with van der Waals surface area (Å²) in [4.78, 5) is 17.3. The third-order valence-electron chi connectivity index (χ3n) is 3.87. The van der Waals surface area contributed by atoms with Gasteiger partial charge in [0.1, 0.15) is 5.82 Å². The van der Waals surface area contributed by atoms with Gasteiger partial charge in [0.15, 0.2) is 14.6 Å². The van der Waals surface area contributed by atoms with Crippen LogP contribution in [0.25, 0.3) is 10.2 Å². The minimum Gasteiger partial charge on any atom is -0.316 e. The molecule has 0 atom stereocenters. The fraction of sp³-hybridized carbons (Fsp3) is 0.222. The molecule has 27 heavy (non-hydrogen) atoms. The molecule has 0 saturated carbocycles. The molecule has 0 saturated heterocycles. The van der Waals surface area contributed by atoms with Crippen molar-refractivity contribution in [3.05, 3.63) is 58.6 Å². The molecule has 0 N–H and O–H groups in total. The number of thioether (sulfide) groups is 1. The minimum atomic E-state index is -3.33. The third kappa shape index (κ3) is 4.48. The zero-order valence-corrected chi connectivity index (χ0v) is 17.1. The molecule has 0 aliphatic heterocycles. The molecule has 0 aliphatic carbocycles. The average Bonchev–Trinajstić information content (AvgIpc) is 2.95. The zero-order chi connectivity index (χ0) is 19.6. The van der Waals surface area contributed by atoms with E-state index in [-0.39, 0.29) is 10.5 Å². The molecule has 1 aromatic heterocycles. The first-order valence-electron chi connectivity index (χ1n) is 7.96. The molecule has 1 heterocycles. The maximum Gasteiger partial charge on any atom is 0.279 e. The van der Waals surface area contributed by atoms with E-state index in [9.17, 15) is 17.6 Å². The topological polar surface area (TPSA) is 68.5 Å². The molecule has 9 heteroatoms. The van der Waals surface area contributed by atoms with Crippen molar-refractivity contribution in [1.82, 2.24) is 4.57 Å². The maximum atomic E-state index is 13.4. The number of carbonyl (C=O) groups excluding carboxylic acids is 1. The first-order chi connectivity index (χ1) is 12.8. The average molecular weight is 425 g/mol. The van der Waals surface area contributed by atoms with E-state index in [1.54, 1.807) is 30.0 Å². The number of sulfone groups is 1. The number of halogens is 1. The number of aryl methyl sites for hydroxylation is 1. The lowest BCUT2D eigenvalue weighted by molar-refractivity contribution is 0.0997. The lowest BCUT2D eigenvalue weighted by atomic mass is 10.2. The number of fused-ring (bicyclic) bond motifs is 1. The second-order valence-electron chi connectivity index (χ2n) is 5.86. The minimum absolute atomic E-state index is 0.167. The summed E-state index contributed by atoms with van der Waals surface area (Å²) in [5.41, 5.74) is 0.980. The van der Waals surface area contributed by atoms with Crippen molar-refractivity contribution >= 4 is 49.1 Å². The van der Waals surface area contributed by atoms with Crippen LogP contribution >= 0.6 is 23.1 Å². The Morgan fingerprint density at radius 1 is 1.26 bits per heavy atom. The molecule has 142 valence electrons. The lowest BCUT2D eigenvalue weighted by Crippen LogP contribution is -2.18. The van der Waals surface area contributed by atoms with Crippen molar-refractivity contribution in [2.24, 2.45) is 4.99 Å². The second kappa shape index (κ2) is 7.95. The fourth-order valence-electron chi connectivity index (χ4n) is 2.54. The van der Waals surface area contributed by atoms with Gasteiger partial charge in [-0.3, -0.25) is 4.79 Å². The molecule has 3 rings (SSSR count). The molecule has 1 amide bonds. The summed E-state index contributed by atoms with van der Waals surface area (Å²) < 4.78 is 39.6. The summed E-state index contributed by atoms with van der Waals surface area (Å²) in [5, 5.41) is 0. The Bertz CT molecular complexity index is 1180. The Morgan fingerprint density at radius 3 is 2.70 bits per heavy atom. The van der Waals surface area contributed by atoms with Crippen LogP contribution < -0.4 is 4.80 Å². The predicted molar refractivity (Wildman–Crippen MR) is 108 cm³/mol. The van der Waals surface area contributed by atoms with Gasteiger partial charge in [-0.15, -0.1) is 0 Å². The summed E-state index contributed by atoms with van der Waals surface area (Å²) in [6.45, 7) is 0.620. The van der Waals surface area contributed by atoms with Gasteiger partial charge in [-0.05, 0) is 42.7 Å². The van der Waals surface area contributed by atoms with Gasteiger partial charge in [0.2, 0.25) is 0 Å². The van der Waals surface area contributed by atoms with Crippen LogP contribution in [0, 0.1) is 5.82 Å². The molecule has 0 unspecified atom stereocenters. The highest BCUT2D eigenvalue weighted by Crippen LogP contribution is 2.22. The molecule has 0 aliphatic rings. The maximum absolute atomic E-state index is 13.4. The van der Waals surface area contributed by atoms with Crippen molar-refractivity contribution in [1.29, 1.82) is 0 Å². The molecule has 0 bridgehead atoms. The van der Waals surface area contributed by atoms with Crippen LogP contribution in [0.5, 0.6) is 0 Å². The van der Waals surface area contributed by atoms with E-state index >= 15 is 0 Å². The van der Waals surface area contributed by atoms with Crippen molar-refractivity contribution in [2.45, 2.75) is 11.4 Å². The Balaban J connectivity index is 2.16. The summed E-state index contributed by atoms with van der Waals surface area (Å²) in [5.74, 6) is -0.233. The first kappa shape index (κ1) is 19.8. The van der Waals surface area contributed by atoms with E-state index in [4.69, 9.17) is 0 Å². The van der Waals surface area contributed by atoms with Crippen LogP contribution in [0.1, 0.15) is 10.4 Å². The molecule has 3 aromatic rings. The van der Waals surface area contributed by atoms with E-state index in [1.165, 1.54) is 29.5 Å². The van der Waals surface area contributed by atoms with E-state index < -0.39 is 21.6 Å². The van der Waals surface area contributed by atoms with E-state index in [2.05, 4.69) is 4.99 Å². The number of rotatable bonds is 5. The van der Waals surface area contributed by atoms with Gasteiger partial charge in [0.05, 0.1) is 15.1 Å². The summed E-state index contributed by atoms with van der Waals surface area (Å²) in [6.07, 6.45) is 3.13. The van der Waals surface area contributed by atoms with Crippen LogP contribution in [0.2, 0.25) is 0 Å². The van der Waals surface area contributed by atoms with Gasteiger partial charge in [0.25, 0.3) is 5.91 Å². The number of thiazole rings is 1. The van der Waals surface area contributed by atoms with Crippen molar-refractivity contribution in [2.75, 3.05) is 18.3 Å². The predicted octanol–water partition coefficient (Wildman–Crippen LogP) is 3.35. The van der Waals surface area contributed by atoms with Crippen LogP contribution in [0.4, 0.5) is 4.39 Å². The fourth-order valence-corrected chi connectivity index (χ4v) is 4.72. The van der Waals surface area contributed by atoms with Crippen molar-refractivity contribution in [3.63, 3.8) is 0 Å². The first-order valence-corrected chi connectivity index (χ1v) is 12.1. The molecule has 0 fully saturated rings. The number of carbonyl (C=O) groups is 1. The highest BCUT2D eigenvalue weighted by Gasteiger charge is 2.13. The van der Waals surface area contributed by atoms with E-state index in [1.807, 2.05) is 10.8 Å². The van der Waals surface area contributed by atoms with Crippen LogP contribution in [-0.4, -0.2) is 37.2 Å². The Hall–Kier alpha value is -1.97. The largest absolute Gasteiger partial charge is 0.316 e. The monoisotopic (exact) mass is 424 g/mol. The number of hydrogen-bond acceptors (Lipinski definition) is 5. The standard InChI is InChI=1S/C18H17FN2O3S3/c1-25-9-8-21-15-7-6-14(27(2,23)24)11-16(15)26-18(21)20-17(22)12-4-3-5-13(19)10-12/h3-7,10-11H,8-9H2,1-2H3. The van der Waals surface area contributed by atoms with Crippen LogP contribution in [0.3, 0.4) is 0 Å². The van der Waals surface area contributed by atoms with Gasteiger partial charge in [-0.2, -0.15) is 16.8 Å². The Morgan fingerprint density at radius 2 is 2.04 bits per heavy atom. The number of aromatic nitrogens is 1. The molecular weight excluding hydrogens is 407 g/mol. The zero-order valence-electron chi connectivity index (χ0n) is 14.7. The smallest absolute Gasteiger partial charge is 0.279 e. The normalized spacial score (nSPS) is 12.6. The van der Waals surface area contributed by atoms with Gasteiger partial charge in [0, 0.05) is 24.1 Å². The molecule has 2 aromatic carbocycles.